The molecule has 2 heterocycles. The van der Waals surface area contributed by atoms with E-state index in [1.807, 2.05) is 30.5 Å². The highest BCUT2D eigenvalue weighted by Crippen LogP contribution is 2.40. The lowest BCUT2D eigenvalue weighted by atomic mass is 9.77. The van der Waals surface area contributed by atoms with Crippen LogP contribution in [0.15, 0.2) is 36.7 Å². The van der Waals surface area contributed by atoms with Gasteiger partial charge in [-0.3, -0.25) is 9.89 Å². The normalized spacial score (nSPS) is 17.0. The van der Waals surface area contributed by atoms with Crippen LogP contribution in [-0.2, 0) is 11.2 Å². The SMILES string of the molecule is O=C(O)C(C1CCCC1)C(Cc1ccc(-c2cn[nH]c2)cc1)c1nn[nH]n1. The zero-order valence-corrected chi connectivity index (χ0v) is 14.9. The van der Waals surface area contributed by atoms with Crippen LogP contribution in [0.5, 0.6) is 0 Å². The van der Waals surface area contributed by atoms with E-state index in [1.54, 1.807) is 6.20 Å². The Hall–Kier alpha value is -3.03. The van der Waals surface area contributed by atoms with Gasteiger partial charge in [0.05, 0.1) is 12.1 Å². The van der Waals surface area contributed by atoms with E-state index in [4.69, 9.17) is 0 Å². The van der Waals surface area contributed by atoms with Crippen LogP contribution >= 0.6 is 0 Å². The van der Waals surface area contributed by atoms with Gasteiger partial charge in [-0.2, -0.15) is 10.3 Å². The summed E-state index contributed by atoms with van der Waals surface area (Å²) in [5.74, 6) is -0.932. The van der Waals surface area contributed by atoms with E-state index in [0.717, 1.165) is 42.4 Å². The quantitative estimate of drug-likeness (QED) is 0.591. The minimum Gasteiger partial charge on any atom is -0.481 e. The molecule has 1 aliphatic carbocycles. The summed E-state index contributed by atoms with van der Waals surface area (Å²) in [6, 6.07) is 8.11. The summed E-state index contributed by atoms with van der Waals surface area (Å²) >= 11 is 0. The molecule has 1 saturated carbocycles. The molecule has 2 atom stereocenters. The van der Waals surface area contributed by atoms with E-state index in [2.05, 4.69) is 30.8 Å². The topological polar surface area (TPSA) is 120 Å². The Morgan fingerprint density at radius 3 is 2.56 bits per heavy atom. The molecule has 140 valence electrons. The highest BCUT2D eigenvalue weighted by molar-refractivity contribution is 5.72. The first-order valence-electron chi connectivity index (χ1n) is 9.26. The third kappa shape index (κ3) is 3.74. The van der Waals surface area contributed by atoms with E-state index in [0.29, 0.717) is 12.2 Å². The molecule has 0 aliphatic heterocycles. The molecular formula is C19H22N6O2. The predicted molar refractivity (Wildman–Crippen MR) is 97.7 cm³/mol. The van der Waals surface area contributed by atoms with Crippen LogP contribution < -0.4 is 0 Å². The summed E-state index contributed by atoms with van der Waals surface area (Å²) in [7, 11) is 0. The lowest BCUT2D eigenvalue weighted by Gasteiger charge is -2.26. The summed E-state index contributed by atoms with van der Waals surface area (Å²) in [5, 5.41) is 31.1. The second kappa shape index (κ2) is 7.69. The Labute approximate surface area is 156 Å². The number of nitrogens with one attached hydrogen (secondary N) is 2. The molecule has 2 unspecified atom stereocenters. The fourth-order valence-electron chi connectivity index (χ4n) is 4.22. The van der Waals surface area contributed by atoms with Crippen LogP contribution in [0.4, 0.5) is 0 Å². The number of carboxylic acid groups (broad SMARTS) is 1. The molecule has 2 aromatic heterocycles. The van der Waals surface area contributed by atoms with E-state index in [-0.39, 0.29) is 11.8 Å². The van der Waals surface area contributed by atoms with Gasteiger partial charge in [-0.15, -0.1) is 10.2 Å². The van der Waals surface area contributed by atoms with Gasteiger partial charge in [-0.25, -0.2) is 0 Å². The van der Waals surface area contributed by atoms with Crippen molar-refractivity contribution in [3.05, 3.63) is 48.0 Å². The molecule has 27 heavy (non-hydrogen) atoms. The Bertz CT molecular complexity index is 854. The van der Waals surface area contributed by atoms with Crippen molar-refractivity contribution in [2.45, 2.75) is 38.0 Å². The zero-order valence-electron chi connectivity index (χ0n) is 14.9. The number of hydrogen-bond donors (Lipinski definition) is 3. The van der Waals surface area contributed by atoms with Gasteiger partial charge in [0, 0.05) is 17.7 Å². The monoisotopic (exact) mass is 366 g/mol. The minimum absolute atomic E-state index is 0.163. The van der Waals surface area contributed by atoms with Gasteiger partial charge >= 0.3 is 5.97 Å². The molecule has 8 heteroatoms. The minimum atomic E-state index is -0.772. The number of aliphatic carboxylic acids is 1. The van der Waals surface area contributed by atoms with Crippen molar-refractivity contribution in [1.82, 2.24) is 30.8 Å². The van der Waals surface area contributed by atoms with Gasteiger partial charge in [0.25, 0.3) is 0 Å². The fraction of sp³-hybridized carbons (Fsp3) is 0.421. The number of hydrogen-bond acceptors (Lipinski definition) is 5. The molecule has 0 saturated heterocycles. The van der Waals surface area contributed by atoms with Crippen molar-refractivity contribution in [1.29, 1.82) is 0 Å². The molecule has 1 aromatic carbocycles. The van der Waals surface area contributed by atoms with Gasteiger partial charge in [-0.05, 0) is 36.3 Å². The highest BCUT2D eigenvalue weighted by atomic mass is 16.4. The Kier molecular flexibility index (Phi) is 4.95. The molecular weight excluding hydrogens is 344 g/mol. The molecule has 0 radical (unpaired) electrons. The van der Waals surface area contributed by atoms with Crippen LogP contribution in [-0.4, -0.2) is 41.9 Å². The van der Waals surface area contributed by atoms with E-state index >= 15 is 0 Å². The predicted octanol–water partition coefficient (Wildman–Crippen LogP) is 2.81. The number of tetrazole rings is 1. The van der Waals surface area contributed by atoms with Crippen LogP contribution in [0.1, 0.15) is 43.0 Å². The van der Waals surface area contributed by atoms with Crippen LogP contribution in [0.3, 0.4) is 0 Å². The number of rotatable bonds is 7. The lowest BCUT2D eigenvalue weighted by molar-refractivity contribution is -0.144. The summed E-state index contributed by atoms with van der Waals surface area (Å²) in [6.45, 7) is 0. The van der Waals surface area contributed by atoms with Gasteiger partial charge in [-0.1, -0.05) is 42.3 Å². The van der Waals surface area contributed by atoms with Crippen LogP contribution in [0, 0.1) is 11.8 Å². The molecule has 4 rings (SSSR count). The van der Waals surface area contributed by atoms with Crippen molar-refractivity contribution in [2.75, 3.05) is 0 Å². The first-order valence-corrected chi connectivity index (χ1v) is 9.26. The molecule has 0 bridgehead atoms. The number of carboxylic acids is 1. The Morgan fingerprint density at radius 1 is 1.19 bits per heavy atom. The number of aromatic amines is 2. The van der Waals surface area contributed by atoms with Gasteiger partial charge in [0.15, 0.2) is 5.82 Å². The Balaban J connectivity index is 1.60. The summed E-state index contributed by atoms with van der Waals surface area (Å²) in [6.07, 6.45) is 8.27. The van der Waals surface area contributed by atoms with Crippen molar-refractivity contribution in [2.24, 2.45) is 11.8 Å². The number of nitrogens with zero attached hydrogens (tertiary/aromatic N) is 4. The van der Waals surface area contributed by atoms with E-state index in [9.17, 15) is 9.90 Å². The average Bonchev–Trinajstić information content (AvgIpc) is 3.43. The first kappa shape index (κ1) is 17.4. The fourth-order valence-corrected chi connectivity index (χ4v) is 4.22. The molecule has 3 aromatic rings. The van der Waals surface area contributed by atoms with Gasteiger partial charge in [0.1, 0.15) is 0 Å². The molecule has 3 N–H and O–H groups in total. The second-order valence-corrected chi connectivity index (χ2v) is 7.17. The molecule has 1 fully saturated rings. The molecule has 0 spiro atoms. The number of benzene rings is 1. The van der Waals surface area contributed by atoms with E-state index in [1.165, 1.54) is 0 Å². The maximum atomic E-state index is 12.1. The third-order valence-corrected chi connectivity index (χ3v) is 5.56. The number of H-pyrrole nitrogens is 2. The maximum absolute atomic E-state index is 12.1. The van der Waals surface area contributed by atoms with Gasteiger partial charge < -0.3 is 5.11 Å². The highest BCUT2D eigenvalue weighted by Gasteiger charge is 2.39. The summed E-state index contributed by atoms with van der Waals surface area (Å²) < 4.78 is 0. The molecule has 1 aliphatic rings. The number of carbonyl (C=O) groups is 1. The van der Waals surface area contributed by atoms with E-state index < -0.39 is 11.9 Å². The third-order valence-electron chi connectivity index (χ3n) is 5.56. The maximum Gasteiger partial charge on any atom is 0.307 e. The number of aromatic nitrogens is 6. The van der Waals surface area contributed by atoms with Crippen molar-refractivity contribution < 1.29 is 9.90 Å². The first-order chi connectivity index (χ1) is 13.2. The van der Waals surface area contributed by atoms with Crippen molar-refractivity contribution in [3.8, 4) is 11.1 Å². The van der Waals surface area contributed by atoms with Crippen LogP contribution in [0.25, 0.3) is 11.1 Å². The smallest absolute Gasteiger partial charge is 0.307 e. The standard InChI is InChI=1S/C19H22N6O2/c26-19(27)17(14-3-1-2-4-14)16(18-22-24-25-23-18)9-12-5-7-13(8-6-12)15-10-20-21-11-15/h5-8,10-11,14,16-17H,1-4,9H2,(H,20,21)(H,26,27)(H,22,23,24,25). The van der Waals surface area contributed by atoms with Crippen molar-refractivity contribution in [3.63, 3.8) is 0 Å². The average molecular weight is 366 g/mol. The van der Waals surface area contributed by atoms with Crippen LogP contribution in [0.2, 0.25) is 0 Å². The second-order valence-electron chi connectivity index (χ2n) is 7.17. The van der Waals surface area contributed by atoms with Gasteiger partial charge in [0.2, 0.25) is 0 Å². The van der Waals surface area contributed by atoms with Crippen molar-refractivity contribution >= 4 is 5.97 Å². The molecule has 0 amide bonds. The zero-order chi connectivity index (χ0) is 18.6. The summed E-state index contributed by atoms with van der Waals surface area (Å²) in [4.78, 5) is 12.1. The Morgan fingerprint density at radius 2 is 1.96 bits per heavy atom. The lowest BCUT2D eigenvalue weighted by Crippen LogP contribution is -2.30. The largest absolute Gasteiger partial charge is 0.481 e. The molecule has 8 nitrogen and oxygen atoms in total. The summed E-state index contributed by atoms with van der Waals surface area (Å²) in [5.41, 5.74) is 3.14.